The quantitative estimate of drug-likeness (QED) is 0.306. The van der Waals surface area contributed by atoms with Crippen LogP contribution in [-0.4, -0.2) is 37.1 Å². The van der Waals surface area contributed by atoms with E-state index in [1.54, 1.807) is 0 Å². The van der Waals surface area contributed by atoms with Crippen LogP contribution in [0.2, 0.25) is 0 Å². The molecule has 1 N–H and O–H groups in total. The molecule has 70 valence electrons. The van der Waals surface area contributed by atoms with Crippen molar-refractivity contribution in [1.29, 1.82) is 0 Å². The van der Waals surface area contributed by atoms with E-state index >= 15 is 0 Å². The number of rotatable bonds is 2. The second-order valence-corrected chi connectivity index (χ2v) is 2.47. The summed E-state index contributed by atoms with van der Waals surface area (Å²) in [7, 11) is 1.01. The van der Waals surface area contributed by atoms with Crippen LogP contribution < -0.4 is 5.32 Å². The SMILES string of the molecule is COC(=O)C(=O)C1C(=O)CNC1=O. The molecule has 1 rings (SSSR count). The summed E-state index contributed by atoms with van der Waals surface area (Å²) in [4.78, 5) is 43.5. The van der Waals surface area contributed by atoms with Crippen molar-refractivity contribution in [2.24, 2.45) is 5.92 Å². The fourth-order valence-electron chi connectivity index (χ4n) is 1.01. The van der Waals surface area contributed by atoms with Gasteiger partial charge in [-0.3, -0.25) is 14.4 Å². The van der Waals surface area contributed by atoms with Crippen LogP contribution in [0.4, 0.5) is 0 Å². The van der Waals surface area contributed by atoms with E-state index in [0.29, 0.717) is 0 Å². The summed E-state index contributed by atoms with van der Waals surface area (Å²) in [6.45, 7) is -0.202. The number of Topliss-reactive ketones (excluding diaryl/α,β-unsaturated/α-hetero) is 2. The van der Waals surface area contributed by atoms with E-state index in [9.17, 15) is 19.2 Å². The molecule has 0 aliphatic carbocycles. The Bertz CT molecular complexity index is 279. The van der Waals surface area contributed by atoms with Crippen LogP contribution in [0.15, 0.2) is 0 Å². The van der Waals surface area contributed by atoms with E-state index in [4.69, 9.17) is 0 Å². The van der Waals surface area contributed by atoms with Gasteiger partial charge in [0.1, 0.15) is 0 Å². The number of ketones is 2. The number of ether oxygens (including phenoxy) is 1. The summed E-state index contributed by atoms with van der Waals surface area (Å²) < 4.78 is 4.10. The highest BCUT2D eigenvalue weighted by atomic mass is 16.5. The minimum absolute atomic E-state index is 0.202. The van der Waals surface area contributed by atoms with Crippen LogP contribution in [0.25, 0.3) is 0 Å². The highest BCUT2D eigenvalue weighted by molar-refractivity contribution is 6.44. The van der Waals surface area contributed by atoms with Crippen LogP contribution in [0.1, 0.15) is 0 Å². The number of methoxy groups -OCH3 is 1. The molecule has 1 atom stereocenters. The Hall–Kier alpha value is -1.72. The second-order valence-electron chi connectivity index (χ2n) is 2.47. The number of carbonyl (C=O) groups excluding carboxylic acids is 4. The van der Waals surface area contributed by atoms with E-state index in [2.05, 4.69) is 10.1 Å². The molecule has 1 fully saturated rings. The normalized spacial score (nSPS) is 21.2. The molecule has 0 spiro atoms. The van der Waals surface area contributed by atoms with E-state index < -0.39 is 29.4 Å². The number of hydrogen-bond acceptors (Lipinski definition) is 5. The third kappa shape index (κ3) is 1.56. The highest BCUT2D eigenvalue weighted by Gasteiger charge is 2.42. The van der Waals surface area contributed by atoms with Gasteiger partial charge in [-0.2, -0.15) is 0 Å². The lowest BCUT2D eigenvalue weighted by atomic mass is 10.0. The lowest BCUT2D eigenvalue weighted by molar-refractivity contribution is -0.155. The molecule has 1 aliphatic rings. The summed E-state index contributed by atoms with van der Waals surface area (Å²) in [5.41, 5.74) is 0. The molecule has 0 aromatic heterocycles. The zero-order valence-corrected chi connectivity index (χ0v) is 6.83. The number of esters is 1. The first-order valence-corrected chi connectivity index (χ1v) is 3.50. The fourth-order valence-corrected chi connectivity index (χ4v) is 1.01. The Balaban J connectivity index is 2.82. The van der Waals surface area contributed by atoms with E-state index in [-0.39, 0.29) is 6.54 Å². The van der Waals surface area contributed by atoms with Gasteiger partial charge in [-0.25, -0.2) is 4.79 Å². The van der Waals surface area contributed by atoms with E-state index in [1.165, 1.54) is 0 Å². The first-order valence-electron chi connectivity index (χ1n) is 3.50. The molecule has 0 radical (unpaired) electrons. The summed E-state index contributed by atoms with van der Waals surface area (Å²) in [6.07, 6.45) is 0. The molecule has 0 aromatic rings. The predicted molar refractivity (Wildman–Crippen MR) is 38.5 cm³/mol. The van der Waals surface area contributed by atoms with Crippen molar-refractivity contribution in [1.82, 2.24) is 5.32 Å². The molecule has 0 aromatic carbocycles. The third-order valence-electron chi connectivity index (χ3n) is 1.67. The molecule has 6 nitrogen and oxygen atoms in total. The van der Waals surface area contributed by atoms with Crippen molar-refractivity contribution in [3.63, 3.8) is 0 Å². The van der Waals surface area contributed by atoms with Gasteiger partial charge in [0.25, 0.3) is 5.78 Å². The minimum atomic E-state index is -1.51. The first-order chi connectivity index (χ1) is 6.07. The molecule has 1 aliphatic heterocycles. The molecule has 6 heteroatoms. The van der Waals surface area contributed by atoms with Gasteiger partial charge in [0.15, 0.2) is 11.7 Å². The molecular weight excluding hydrogens is 178 g/mol. The van der Waals surface area contributed by atoms with Gasteiger partial charge < -0.3 is 10.1 Å². The maximum absolute atomic E-state index is 11.0. The highest BCUT2D eigenvalue weighted by Crippen LogP contribution is 2.07. The Morgan fingerprint density at radius 3 is 2.46 bits per heavy atom. The minimum Gasteiger partial charge on any atom is -0.463 e. The average molecular weight is 185 g/mol. The van der Waals surface area contributed by atoms with Crippen molar-refractivity contribution in [2.45, 2.75) is 0 Å². The van der Waals surface area contributed by atoms with Crippen molar-refractivity contribution in [2.75, 3.05) is 13.7 Å². The number of hydrogen-bond donors (Lipinski definition) is 1. The average Bonchev–Trinajstić information content (AvgIpc) is 2.44. The first kappa shape index (κ1) is 9.37. The Labute approximate surface area is 73.2 Å². The molecular formula is C7H7NO5. The summed E-state index contributed by atoms with van der Waals surface area (Å²) in [6, 6.07) is 0. The van der Waals surface area contributed by atoms with Crippen LogP contribution in [-0.2, 0) is 23.9 Å². The van der Waals surface area contributed by atoms with Crippen LogP contribution >= 0.6 is 0 Å². The summed E-state index contributed by atoms with van der Waals surface area (Å²) in [5.74, 6) is -5.12. The summed E-state index contributed by atoms with van der Waals surface area (Å²) in [5, 5.41) is 2.16. The zero-order valence-electron chi connectivity index (χ0n) is 6.83. The second kappa shape index (κ2) is 3.34. The lowest BCUT2D eigenvalue weighted by Crippen LogP contribution is -2.33. The van der Waals surface area contributed by atoms with Crippen LogP contribution in [0, 0.1) is 5.92 Å². The molecule has 1 heterocycles. The van der Waals surface area contributed by atoms with Gasteiger partial charge in [-0.15, -0.1) is 0 Å². The van der Waals surface area contributed by atoms with Crippen molar-refractivity contribution in [3.05, 3.63) is 0 Å². The van der Waals surface area contributed by atoms with Gasteiger partial charge >= 0.3 is 5.97 Å². The zero-order chi connectivity index (χ0) is 10.0. The Morgan fingerprint density at radius 2 is 2.08 bits per heavy atom. The maximum atomic E-state index is 11.0. The third-order valence-corrected chi connectivity index (χ3v) is 1.67. The Kier molecular flexibility index (Phi) is 2.41. The standard InChI is InChI=1S/C7H7NO5/c1-13-7(12)5(10)4-3(9)2-8-6(4)11/h4H,2H2,1H3,(H,8,11). The number of nitrogens with one attached hydrogen (secondary N) is 1. The van der Waals surface area contributed by atoms with Gasteiger partial charge in [0.2, 0.25) is 5.91 Å². The Morgan fingerprint density at radius 1 is 1.46 bits per heavy atom. The van der Waals surface area contributed by atoms with Gasteiger partial charge in [0.05, 0.1) is 13.7 Å². The van der Waals surface area contributed by atoms with Crippen molar-refractivity contribution in [3.8, 4) is 0 Å². The molecule has 1 unspecified atom stereocenters. The number of amides is 1. The molecule has 13 heavy (non-hydrogen) atoms. The van der Waals surface area contributed by atoms with Crippen molar-refractivity contribution >= 4 is 23.4 Å². The smallest absolute Gasteiger partial charge is 0.375 e. The molecule has 0 bridgehead atoms. The van der Waals surface area contributed by atoms with E-state index in [1.807, 2.05) is 0 Å². The van der Waals surface area contributed by atoms with Gasteiger partial charge in [0, 0.05) is 0 Å². The van der Waals surface area contributed by atoms with E-state index in [0.717, 1.165) is 7.11 Å². The monoisotopic (exact) mass is 185 g/mol. The van der Waals surface area contributed by atoms with Gasteiger partial charge in [-0.05, 0) is 0 Å². The fraction of sp³-hybridized carbons (Fsp3) is 0.429. The largest absolute Gasteiger partial charge is 0.463 e. The maximum Gasteiger partial charge on any atom is 0.375 e. The van der Waals surface area contributed by atoms with Gasteiger partial charge in [-0.1, -0.05) is 0 Å². The molecule has 1 amide bonds. The number of carbonyl (C=O) groups is 4. The molecule has 1 saturated heterocycles. The lowest BCUT2D eigenvalue weighted by Gasteiger charge is -2.01. The van der Waals surface area contributed by atoms with Crippen LogP contribution in [0.3, 0.4) is 0 Å². The molecule has 0 saturated carbocycles. The predicted octanol–water partition coefficient (Wildman–Crippen LogP) is -1.96. The topological polar surface area (TPSA) is 89.5 Å². The van der Waals surface area contributed by atoms with Crippen molar-refractivity contribution < 1.29 is 23.9 Å². The summed E-state index contributed by atoms with van der Waals surface area (Å²) >= 11 is 0. The van der Waals surface area contributed by atoms with Crippen LogP contribution in [0.5, 0.6) is 0 Å².